The summed E-state index contributed by atoms with van der Waals surface area (Å²) in [5.74, 6) is 0.674. The Balaban J connectivity index is 2.38. The van der Waals surface area contributed by atoms with Crippen LogP contribution in [0.1, 0.15) is 5.56 Å². The fourth-order valence-corrected chi connectivity index (χ4v) is 1.47. The Bertz CT molecular complexity index is 577. The quantitative estimate of drug-likeness (QED) is 0.642. The minimum Gasteiger partial charge on any atom is -0.356 e. The van der Waals surface area contributed by atoms with E-state index in [1.165, 1.54) is 6.33 Å². The van der Waals surface area contributed by atoms with Crippen LogP contribution in [0.3, 0.4) is 0 Å². The molecule has 5 heteroatoms. The van der Waals surface area contributed by atoms with Gasteiger partial charge in [0.1, 0.15) is 17.4 Å². The Labute approximate surface area is 85.1 Å². The highest BCUT2D eigenvalue weighted by Gasteiger charge is 2.09. The average Bonchev–Trinajstić information content (AvgIpc) is 2.54. The second-order valence-electron chi connectivity index (χ2n) is 3.01. The van der Waals surface area contributed by atoms with Crippen LogP contribution < -0.4 is 4.84 Å². The number of hydrogen-bond donors (Lipinski definition) is 0. The molecule has 0 spiro atoms. The van der Waals surface area contributed by atoms with E-state index in [0.717, 1.165) is 16.6 Å². The van der Waals surface area contributed by atoms with Crippen LogP contribution in [0.5, 0.6) is 5.75 Å². The molecule has 0 fully saturated rings. The van der Waals surface area contributed by atoms with Gasteiger partial charge in [0.25, 0.3) is 0 Å². The molecule has 0 amide bonds. The first-order valence-corrected chi connectivity index (χ1v) is 4.42. The van der Waals surface area contributed by atoms with Gasteiger partial charge in [0.2, 0.25) is 0 Å². The van der Waals surface area contributed by atoms with Gasteiger partial charge in [-0.05, 0) is 24.3 Å². The van der Waals surface area contributed by atoms with Crippen LogP contribution >= 0.6 is 0 Å². The van der Waals surface area contributed by atoms with E-state index in [1.807, 2.05) is 12.1 Å². The summed E-state index contributed by atoms with van der Waals surface area (Å²) in [5, 5.41) is 11.4. The molecule has 0 unspecified atom stereocenters. The smallest absolute Gasteiger partial charge is 0.167 e. The molecule has 0 atom stereocenters. The standard InChI is InChI=1S/C10H6N4O/c1-2-7-9(15-13-5-1)4-3-8-10(7)11-6-12-14-8/h1-6H. The predicted molar refractivity (Wildman–Crippen MR) is 55.5 cm³/mol. The van der Waals surface area contributed by atoms with Crippen molar-refractivity contribution < 1.29 is 4.84 Å². The van der Waals surface area contributed by atoms with Crippen LogP contribution in [0.25, 0.3) is 17.1 Å². The molecule has 0 saturated carbocycles. The maximum Gasteiger partial charge on any atom is 0.167 e. The van der Waals surface area contributed by atoms with Gasteiger partial charge in [-0.1, -0.05) is 5.16 Å². The largest absolute Gasteiger partial charge is 0.356 e. The molecule has 1 aliphatic rings. The number of hydrogen-bond acceptors (Lipinski definition) is 5. The van der Waals surface area contributed by atoms with Crippen molar-refractivity contribution in [3.8, 4) is 5.75 Å². The van der Waals surface area contributed by atoms with Gasteiger partial charge in [-0.2, -0.15) is 0 Å². The van der Waals surface area contributed by atoms with Crippen LogP contribution in [0.4, 0.5) is 0 Å². The Morgan fingerprint density at radius 2 is 2.20 bits per heavy atom. The molecule has 0 N–H and O–H groups in total. The van der Waals surface area contributed by atoms with E-state index in [2.05, 4.69) is 20.3 Å². The molecule has 0 saturated heterocycles. The summed E-state index contributed by atoms with van der Waals surface area (Å²) in [7, 11) is 0. The molecule has 1 aromatic heterocycles. The molecular formula is C10H6N4O. The zero-order valence-corrected chi connectivity index (χ0v) is 7.66. The predicted octanol–water partition coefficient (Wildman–Crippen LogP) is 1.42. The van der Waals surface area contributed by atoms with E-state index in [9.17, 15) is 0 Å². The molecule has 0 bridgehead atoms. The fraction of sp³-hybridized carbons (Fsp3) is 0. The van der Waals surface area contributed by atoms with E-state index in [4.69, 9.17) is 4.84 Å². The van der Waals surface area contributed by atoms with Crippen LogP contribution in [0.15, 0.2) is 29.7 Å². The molecule has 0 aliphatic carbocycles. The number of oxime groups is 1. The monoisotopic (exact) mass is 198 g/mol. The molecule has 0 radical (unpaired) electrons. The molecule has 15 heavy (non-hydrogen) atoms. The number of fused-ring (bicyclic) bond motifs is 3. The third-order valence-electron chi connectivity index (χ3n) is 2.12. The van der Waals surface area contributed by atoms with Gasteiger partial charge in [0, 0.05) is 5.56 Å². The molecule has 2 heterocycles. The molecule has 72 valence electrons. The van der Waals surface area contributed by atoms with E-state index in [-0.39, 0.29) is 0 Å². The third-order valence-corrected chi connectivity index (χ3v) is 2.12. The maximum absolute atomic E-state index is 5.18. The zero-order valence-electron chi connectivity index (χ0n) is 7.66. The van der Waals surface area contributed by atoms with Crippen LogP contribution in [-0.4, -0.2) is 21.4 Å². The first kappa shape index (κ1) is 8.05. The number of benzene rings is 1. The van der Waals surface area contributed by atoms with Gasteiger partial charge in [0.05, 0.1) is 6.21 Å². The summed E-state index contributed by atoms with van der Waals surface area (Å²) in [6, 6.07) is 3.61. The molecule has 2 aromatic rings. The number of allylic oxidation sites excluding steroid dienone is 1. The molecule has 1 aromatic carbocycles. The van der Waals surface area contributed by atoms with Crippen molar-refractivity contribution in [1.29, 1.82) is 0 Å². The van der Waals surface area contributed by atoms with Crippen molar-refractivity contribution in [2.45, 2.75) is 0 Å². The second kappa shape index (κ2) is 3.13. The highest BCUT2D eigenvalue weighted by molar-refractivity contribution is 5.91. The Morgan fingerprint density at radius 3 is 3.20 bits per heavy atom. The first-order valence-electron chi connectivity index (χ1n) is 4.42. The highest BCUT2D eigenvalue weighted by atomic mass is 16.6. The SMILES string of the molecule is C1=Cc2c(ccc3nncnc23)ON=C1. The van der Waals surface area contributed by atoms with E-state index < -0.39 is 0 Å². The Morgan fingerprint density at radius 1 is 1.20 bits per heavy atom. The number of nitrogens with zero attached hydrogens (tertiary/aromatic N) is 4. The lowest BCUT2D eigenvalue weighted by Gasteiger charge is -2.03. The average molecular weight is 198 g/mol. The number of aromatic nitrogens is 3. The minimum absolute atomic E-state index is 0.674. The summed E-state index contributed by atoms with van der Waals surface area (Å²) in [4.78, 5) is 9.35. The van der Waals surface area contributed by atoms with Crippen molar-refractivity contribution >= 4 is 23.3 Å². The number of rotatable bonds is 0. The summed E-state index contributed by atoms with van der Waals surface area (Å²) in [5.41, 5.74) is 2.38. The first-order chi connectivity index (χ1) is 7.45. The zero-order chi connectivity index (χ0) is 10.1. The maximum atomic E-state index is 5.18. The van der Waals surface area contributed by atoms with E-state index >= 15 is 0 Å². The van der Waals surface area contributed by atoms with Crippen LogP contribution in [-0.2, 0) is 0 Å². The highest BCUT2D eigenvalue weighted by Crippen LogP contribution is 2.27. The lowest BCUT2D eigenvalue weighted by atomic mass is 10.1. The van der Waals surface area contributed by atoms with Crippen LogP contribution in [0, 0.1) is 0 Å². The van der Waals surface area contributed by atoms with Crippen molar-refractivity contribution in [3.05, 3.63) is 30.1 Å². The Kier molecular flexibility index (Phi) is 1.68. The fourth-order valence-electron chi connectivity index (χ4n) is 1.47. The second-order valence-corrected chi connectivity index (χ2v) is 3.01. The summed E-state index contributed by atoms with van der Waals surface area (Å²) < 4.78 is 0. The van der Waals surface area contributed by atoms with Gasteiger partial charge >= 0.3 is 0 Å². The van der Waals surface area contributed by atoms with Crippen molar-refractivity contribution in [2.75, 3.05) is 0 Å². The topological polar surface area (TPSA) is 60.3 Å². The third kappa shape index (κ3) is 1.25. The Hall–Kier alpha value is -2.30. The summed E-state index contributed by atoms with van der Waals surface area (Å²) >= 11 is 0. The van der Waals surface area contributed by atoms with Gasteiger partial charge in [-0.3, -0.25) is 0 Å². The van der Waals surface area contributed by atoms with Gasteiger partial charge in [-0.25, -0.2) is 4.98 Å². The van der Waals surface area contributed by atoms with Gasteiger partial charge in [-0.15, -0.1) is 10.2 Å². The van der Waals surface area contributed by atoms with Gasteiger partial charge in [0.15, 0.2) is 5.75 Å². The summed E-state index contributed by atoms with van der Waals surface area (Å²) in [6.45, 7) is 0. The molecule has 5 nitrogen and oxygen atoms in total. The lowest BCUT2D eigenvalue weighted by Crippen LogP contribution is -1.92. The molecular weight excluding hydrogens is 192 g/mol. The van der Waals surface area contributed by atoms with Crippen molar-refractivity contribution in [1.82, 2.24) is 15.2 Å². The van der Waals surface area contributed by atoms with E-state index in [1.54, 1.807) is 18.4 Å². The lowest BCUT2D eigenvalue weighted by molar-refractivity contribution is 0.344. The summed E-state index contributed by atoms with van der Waals surface area (Å²) in [6.07, 6.45) is 6.69. The van der Waals surface area contributed by atoms with E-state index in [0.29, 0.717) is 5.75 Å². The van der Waals surface area contributed by atoms with Crippen molar-refractivity contribution in [2.24, 2.45) is 5.16 Å². The van der Waals surface area contributed by atoms with Gasteiger partial charge < -0.3 is 4.84 Å². The van der Waals surface area contributed by atoms with Crippen molar-refractivity contribution in [3.63, 3.8) is 0 Å². The van der Waals surface area contributed by atoms with Crippen LogP contribution in [0.2, 0.25) is 0 Å². The molecule has 1 aliphatic heterocycles. The minimum atomic E-state index is 0.674. The molecule has 3 rings (SSSR count). The normalized spacial score (nSPS) is 13.3.